The summed E-state index contributed by atoms with van der Waals surface area (Å²) >= 11 is 0. The first-order valence-electron chi connectivity index (χ1n) is 6.37. The van der Waals surface area contributed by atoms with Crippen molar-refractivity contribution in [1.29, 1.82) is 5.26 Å². The standard InChI is InChI=1S/C14H15NO3S/c15-9-14(5-6-19(16,17)10-14)7-11-8-18-13-4-2-1-3-12(11)13/h1-4,11H,5-8,10H2. The van der Waals surface area contributed by atoms with Crippen LogP contribution < -0.4 is 4.74 Å². The lowest BCUT2D eigenvalue weighted by Gasteiger charge is -2.22. The van der Waals surface area contributed by atoms with Gasteiger partial charge in [0, 0.05) is 11.5 Å². The van der Waals surface area contributed by atoms with Gasteiger partial charge in [0.25, 0.3) is 0 Å². The summed E-state index contributed by atoms with van der Waals surface area (Å²) in [6.07, 6.45) is 1.02. The highest BCUT2D eigenvalue weighted by molar-refractivity contribution is 7.91. The maximum Gasteiger partial charge on any atom is 0.151 e. The largest absolute Gasteiger partial charge is 0.493 e. The second-order valence-electron chi connectivity index (χ2n) is 5.48. The second-order valence-corrected chi connectivity index (χ2v) is 7.67. The van der Waals surface area contributed by atoms with Crippen LogP contribution in [0.3, 0.4) is 0 Å². The Labute approximate surface area is 112 Å². The van der Waals surface area contributed by atoms with Crippen molar-refractivity contribution in [3.8, 4) is 11.8 Å². The first-order valence-corrected chi connectivity index (χ1v) is 8.19. The van der Waals surface area contributed by atoms with Gasteiger partial charge in [-0.2, -0.15) is 5.26 Å². The molecule has 0 spiro atoms. The van der Waals surface area contributed by atoms with Crippen LogP contribution >= 0.6 is 0 Å². The van der Waals surface area contributed by atoms with Crippen LogP contribution in [0.25, 0.3) is 0 Å². The third-order valence-corrected chi connectivity index (χ3v) is 5.88. The number of ether oxygens (including phenoxy) is 1. The molecule has 1 saturated heterocycles. The molecule has 100 valence electrons. The predicted molar refractivity (Wildman–Crippen MR) is 70.6 cm³/mol. The van der Waals surface area contributed by atoms with Crippen LogP contribution in [0.5, 0.6) is 5.75 Å². The third kappa shape index (κ3) is 2.21. The molecule has 0 saturated carbocycles. The van der Waals surface area contributed by atoms with E-state index < -0.39 is 15.3 Å². The average Bonchev–Trinajstić information content (AvgIpc) is 2.93. The normalized spacial score (nSPS) is 31.4. The first kappa shape index (κ1) is 12.5. The minimum Gasteiger partial charge on any atom is -0.493 e. The van der Waals surface area contributed by atoms with Crippen molar-refractivity contribution in [1.82, 2.24) is 0 Å². The van der Waals surface area contributed by atoms with Gasteiger partial charge in [-0.05, 0) is 18.9 Å². The number of hydrogen-bond donors (Lipinski definition) is 0. The molecule has 3 rings (SSSR count). The molecule has 4 nitrogen and oxygen atoms in total. The van der Waals surface area contributed by atoms with Crippen molar-refractivity contribution in [3.63, 3.8) is 0 Å². The first-order chi connectivity index (χ1) is 9.04. The molecule has 2 aliphatic rings. The molecule has 2 aliphatic heterocycles. The number of fused-ring (bicyclic) bond motifs is 1. The van der Waals surface area contributed by atoms with Gasteiger partial charge in [-0.3, -0.25) is 0 Å². The number of nitriles is 1. The lowest BCUT2D eigenvalue weighted by molar-refractivity contribution is 0.289. The highest BCUT2D eigenvalue weighted by Crippen LogP contribution is 2.44. The second kappa shape index (κ2) is 4.24. The monoisotopic (exact) mass is 277 g/mol. The van der Waals surface area contributed by atoms with Crippen LogP contribution in [0, 0.1) is 16.7 Å². The van der Waals surface area contributed by atoms with Gasteiger partial charge in [0.15, 0.2) is 9.84 Å². The Bertz CT molecular complexity index is 647. The molecular weight excluding hydrogens is 262 g/mol. The highest BCUT2D eigenvalue weighted by Gasteiger charge is 2.45. The van der Waals surface area contributed by atoms with E-state index in [9.17, 15) is 13.7 Å². The molecule has 0 bridgehead atoms. The number of hydrogen-bond acceptors (Lipinski definition) is 4. The zero-order valence-corrected chi connectivity index (χ0v) is 11.3. The van der Waals surface area contributed by atoms with Crippen LogP contribution in [0.4, 0.5) is 0 Å². The molecule has 19 heavy (non-hydrogen) atoms. The highest BCUT2D eigenvalue weighted by atomic mass is 32.2. The summed E-state index contributed by atoms with van der Waals surface area (Å²) in [6.45, 7) is 0.544. The molecule has 0 radical (unpaired) electrons. The van der Waals surface area contributed by atoms with Crippen LogP contribution in [0.15, 0.2) is 24.3 Å². The Morgan fingerprint density at radius 3 is 2.89 bits per heavy atom. The minimum atomic E-state index is -3.05. The van der Waals surface area contributed by atoms with E-state index in [2.05, 4.69) is 6.07 Å². The van der Waals surface area contributed by atoms with E-state index in [-0.39, 0.29) is 17.4 Å². The molecular formula is C14H15NO3S. The van der Waals surface area contributed by atoms with Crippen molar-refractivity contribution >= 4 is 9.84 Å². The molecule has 0 amide bonds. The summed E-state index contributed by atoms with van der Waals surface area (Å²) in [4.78, 5) is 0. The molecule has 2 unspecified atom stereocenters. The summed E-state index contributed by atoms with van der Waals surface area (Å²) < 4.78 is 28.9. The van der Waals surface area contributed by atoms with E-state index in [0.29, 0.717) is 19.4 Å². The Hall–Kier alpha value is -1.54. The van der Waals surface area contributed by atoms with Crippen LogP contribution in [-0.2, 0) is 9.84 Å². The van der Waals surface area contributed by atoms with Gasteiger partial charge in [0.2, 0.25) is 0 Å². The number of sulfone groups is 1. The number of nitrogens with zero attached hydrogens (tertiary/aromatic N) is 1. The lowest BCUT2D eigenvalue weighted by Crippen LogP contribution is -2.24. The van der Waals surface area contributed by atoms with Gasteiger partial charge in [0.05, 0.1) is 29.6 Å². The van der Waals surface area contributed by atoms with Crippen LogP contribution in [0.1, 0.15) is 24.3 Å². The van der Waals surface area contributed by atoms with E-state index in [0.717, 1.165) is 11.3 Å². The van der Waals surface area contributed by atoms with E-state index in [1.54, 1.807) is 0 Å². The van der Waals surface area contributed by atoms with Gasteiger partial charge in [-0.15, -0.1) is 0 Å². The minimum absolute atomic E-state index is 0.00479. The fourth-order valence-corrected chi connectivity index (χ4v) is 5.10. The number of para-hydroxylation sites is 1. The van der Waals surface area contributed by atoms with E-state index >= 15 is 0 Å². The third-order valence-electron chi connectivity index (χ3n) is 4.06. The number of benzene rings is 1. The van der Waals surface area contributed by atoms with Crippen molar-refractivity contribution in [2.24, 2.45) is 5.41 Å². The summed E-state index contributed by atoms with van der Waals surface area (Å²) in [5.74, 6) is 1.12. The number of rotatable bonds is 2. The molecule has 0 aliphatic carbocycles. The molecule has 1 fully saturated rings. The van der Waals surface area contributed by atoms with Crippen molar-refractivity contribution in [2.75, 3.05) is 18.1 Å². The molecule has 1 aromatic rings. The van der Waals surface area contributed by atoms with Crippen molar-refractivity contribution in [3.05, 3.63) is 29.8 Å². The zero-order chi connectivity index (χ0) is 13.5. The lowest BCUT2D eigenvalue weighted by atomic mass is 9.78. The Morgan fingerprint density at radius 2 is 2.21 bits per heavy atom. The van der Waals surface area contributed by atoms with Gasteiger partial charge in [-0.25, -0.2) is 8.42 Å². The summed E-state index contributed by atoms with van der Waals surface area (Å²) in [6, 6.07) is 10.0. The molecule has 5 heteroatoms. The molecule has 0 aromatic heterocycles. The van der Waals surface area contributed by atoms with E-state index in [1.165, 1.54) is 0 Å². The van der Waals surface area contributed by atoms with E-state index in [4.69, 9.17) is 4.74 Å². The molecule has 2 heterocycles. The summed E-state index contributed by atoms with van der Waals surface area (Å²) in [5.41, 5.74) is 0.367. The SMILES string of the molecule is N#CC1(CC2COc3ccccc32)CCS(=O)(=O)C1. The molecule has 1 aromatic carbocycles. The van der Waals surface area contributed by atoms with E-state index in [1.807, 2.05) is 24.3 Å². The zero-order valence-electron chi connectivity index (χ0n) is 10.5. The maximum absolute atomic E-state index is 11.6. The summed E-state index contributed by atoms with van der Waals surface area (Å²) in [5, 5.41) is 9.40. The fraction of sp³-hybridized carbons (Fsp3) is 0.500. The van der Waals surface area contributed by atoms with Crippen molar-refractivity contribution in [2.45, 2.75) is 18.8 Å². The average molecular weight is 277 g/mol. The molecule has 2 atom stereocenters. The Balaban J connectivity index is 1.85. The smallest absolute Gasteiger partial charge is 0.151 e. The molecule has 0 N–H and O–H groups in total. The Morgan fingerprint density at radius 1 is 1.42 bits per heavy atom. The van der Waals surface area contributed by atoms with Gasteiger partial charge in [0.1, 0.15) is 5.75 Å². The van der Waals surface area contributed by atoms with Gasteiger partial charge < -0.3 is 4.74 Å². The topological polar surface area (TPSA) is 67.2 Å². The van der Waals surface area contributed by atoms with Crippen LogP contribution in [-0.4, -0.2) is 26.5 Å². The van der Waals surface area contributed by atoms with Gasteiger partial charge in [-0.1, -0.05) is 18.2 Å². The quantitative estimate of drug-likeness (QED) is 0.827. The van der Waals surface area contributed by atoms with Crippen molar-refractivity contribution < 1.29 is 13.2 Å². The maximum atomic E-state index is 11.6. The fourth-order valence-electron chi connectivity index (χ4n) is 3.08. The van der Waals surface area contributed by atoms with Gasteiger partial charge >= 0.3 is 0 Å². The summed E-state index contributed by atoms with van der Waals surface area (Å²) in [7, 11) is -3.05. The Kier molecular flexibility index (Phi) is 2.79. The predicted octanol–water partition coefficient (Wildman–Crippen LogP) is 1.88. The van der Waals surface area contributed by atoms with Crippen LogP contribution in [0.2, 0.25) is 0 Å².